The molecule has 0 saturated carbocycles. The predicted octanol–water partition coefficient (Wildman–Crippen LogP) is 0.367. The quantitative estimate of drug-likeness (QED) is 0.620. The van der Waals surface area contributed by atoms with E-state index in [1.165, 1.54) is 17.7 Å². The molecule has 0 fully saturated rings. The Morgan fingerprint density at radius 3 is 2.67 bits per heavy atom. The van der Waals surface area contributed by atoms with Gasteiger partial charge in [0.1, 0.15) is 6.54 Å². The van der Waals surface area contributed by atoms with E-state index in [4.69, 9.17) is 21.9 Å². The van der Waals surface area contributed by atoms with E-state index in [0.29, 0.717) is 16.3 Å². The van der Waals surface area contributed by atoms with E-state index in [1.54, 1.807) is 24.3 Å². The van der Waals surface area contributed by atoms with Crippen molar-refractivity contribution < 1.29 is 9.63 Å². The van der Waals surface area contributed by atoms with Gasteiger partial charge in [-0.15, -0.1) is 0 Å². The maximum absolute atomic E-state index is 12.3. The summed E-state index contributed by atoms with van der Waals surface area (Å²) in [4.78, 5) is 28.6. The van der Waals surface area contributed by atoms with Crippen LogP contribution in [0.25, 0.3) is 0 Å². The lowest BCUT2D eigenvalue weighted by Gasteiger charge is -2.08. The van der Waals surface area contributed by atoms with Crippen LogP contribution >= 0.6 is 11.6 Å². The summed E-state index contributed by atoms with van der Waals surface area (Å²) in [5, 5.41) is 14.6. The normalized spacial score (nSPS) is 12.3. The van der Waals surface area contributed by atoms with Gasteiger partial charge < -0.3 is 15.4 Å². The van der Waals surface area contributed by atoms with E-state index >= 15 is 0 Å². The van der Waals surface area contributed by atoms with E-state index in [2.05, 4.69) is 10.1 Å². The van der Waals surface area contributed by atoms with Crippen molar-refractivity contribution in [3.63, 3.8) is 0 Å². The zero-order chi connectivity index (χ0) is 19.6. The van der Waals surface area contributed by atoms with Gasteiger partial charge in [-0.3, -0.25) is 13.9 Å². The number of nitrogens with zero attached hydrogens (tertiary/aromatic N) is 4. The molecule has 9 nitrogen and oxygen atoms in total. The maximum Gasteiger partial charge on any atom is 0.331 e. The first-order valence-corrected chi connectivity index (χ1v) is 8.51. The second-order valence-electron chi connectivity index (χ2n) is 5.98. The van der Waals surface area contributed by atoms with Crippen LogP contribution in [0.3, 0.4) is 0 Å². The first-order valence-electron chi connectivity index (χ1n) is 8.14. The Morgan fingerprint density at radius 1 is 1.30 bits per heavy atom. The smallest absolute Gasteiger partial charge is 0.331 e. The molecule has 0 bridgehead atoms. The van der Waals surface area contributed by atoms with Crippen LogP contribution in [0.2, 0.25) is 5.02 Å². The molecule has 0 aliphatic carbocycles. The Hall–Kier alpha value is -2.75. The average molecular weight is 392 g/mol. The van der Waals surface area contributed by atoms with Crippen LogP contribution < -0.4 is 17.0 Å². The van der Waals surface area contributed by atoms with Crippen molar-refractivity contribution in [3.05, 3.63) is 79.2 Å². The highest BCUT2D eigenvalue weighted by Crippen LogP contribution is 2.19. The van der Waals surface area contributed by atoms with Gasteiger partial charge in [-0.1, -0.05) is 28.9 Å². The SMILES string of the molecule is Cn1c(CN)cc(=O)n(Cc2nc(CC(O)c3ccc(Cl)cc3)no2)c1=O. The minimum absolute atomic E-state index is 0.0785. The van der Waals surface area contributed by atoms with Crippen LogP contribution in [0.1, 0.15) is 29.1 Å². The molecule has 1 atom stereocenters. The Balaban J connectivity index is 1.77. The summed E-state index contributed by atoms with van der Waals surface area (Å²) >= 11 is 5.83. The molecular formula is C17H18ClN5O4. The van der Waals surface area contributed by atoms with Crippen LogP contribution in [-0.2, 0) is 26.6 Å². The molecule has 0 aliphatic rings. The van der Waals surface area contributed by atoms with Crippen LogP contribution in [0, 0.1) is 0 Å². The minimum atomic E-state index is -0.841. The number of halogens is 1. The summed E-state index contributed by atoms with van der Waals surface area (Å²) in [5.74, 6) is 0.351. The van der Waals surface area contributed by atoms with E-state index < -0.39 is 17.4 Å². The molecule has 27 heavy (non-hydrogen) atoms. The summed E-state index contributed by atoms with van der Waals surface area (Å²) in [6.07, 6.45) is -0.725. The summed E-state index contributed by atoms with van der Waals surface area (Å²) < 4.78 is 7.38. The van der Waals surface area contributed by atoms with Gasteiger partial charge in [0.25, 0.3) is 5.56 Å². The number of benzene rings is 1. The largest absolute Gasteiger partial charge is 0.388 e. The molecule has 1 aromatic carbocycles. The Kier molecular flexibility index (Phi) is 5.54. The van der Waals surface area contributed by atoms with E-state index in [-0.39, 0.29) is 31.2 Å². The van der Waals surface area contributed by atoms with Crippen LogP contribution in [0.4, 0.5) is 0 Å². The number of hydrogen-bond donors (Lipinski definition) is 2. The number of rotatable bonds is 6. The zero-order valence-corrected chi connectivity index (χ0v) is 15.3. The summed E-state index contributed by atoms with van der Waals surface area (Å²) in [5.41, 5.74) is 5.58. The van der Waals surface area contributed by atoms with Gasteiger partial charge in [0.15, 0.2) is 5.82 Å². The van der Waals surface area contributed by atoms with Crippen molar-refractivity contribution in [1.29, 1.82) is 0 Å². The second-order valence-corrected chi connectivity index (χ2v) is 6.42. The van der Waals surface area contributed by atoms with Gasteiger partial charge in [-0.05, 0) is 17.7 Å². The number of hydrogen-bond acceptors (Lipinski definition) is 7. The molecule has 0 saturated heterocycles. The molecule has 2 heterocycles. The maximum atomic E-state index is 12.3. The van der Waals surface area contributed by atoms with E-state index in [0.717, 1.165) is 4.57 Å². The van der Waals surface area contributed by atoms with Gasteiger partial charge in [0, 0.05) is 36.8 Å². The highest BCUT2D eigenvalue weighted by molar-refractivity contribution is 6.30. The molecule has 3 aromatic rings. The summed E-state index contributed by atoms with van der Waals surface area (Å²) in [6, 6.07) is 8.05. The fourth-order valence-corrected chi connectivity index (χ4v) is 2.73. The van der Waals surface area contributed by atoms with Crippen molar-refractivity contribution in [2.75, 3.05) is 0 Å². The summed E-state index contributed by atoms with van der Waals surface area (Å²) in [6.45, 7) is -0.0878. The lowest BCUT2D eigenvalue weighted by molar-refractivity contribution is 0.174. The number of aliphatic hydroxyl groups excluding tert-OH is 1. The zero-order valence-electron chi connectivity index (χ0n) is 14.5. The standard InChI is InChI=1S/C17H18ClN5O4/c1-22-12(8-19)6-16(25)23(17(22)26)9-15-20-14(21-27-15)7-13(24)10-2-4-11(18)5-3-10/h2-6,13,24H,7-9,19H2,1H3. The molecule has 0 amide bonds. The van der Waals surface area contributed by atoms with Crippen LogP contribution in [0.5, 0.6) is 0 Å². The van der Waals surface area contributed by atoms with E-state index in [9.17, 15) is 14.7 Å². The average Bonchev–Trinajstić information content (AvgIpc) is 3.09. The second kappa shape index (κ2) is 7.87. The first kappa shape index (κ1) is 19.0. The molecule has 0 radical (unpaired) electrons. The Bertz CT molecular complexity index is 1050. The first-order chi connectivity index (χ1) is 12.9. The molecule has 142 valence electrons. The van der Waals surface area contributed by atoms with Gasteiger partial charge in [-0.25, -0.2) is 4.79 Å². The Morgan fingerprint density at radius 2 is 2.00 bits per heavy atom. The highest BCUT2D eigenvalue weighted by atomic mass is 35.5. The molecule has 10 heteroatoms. The molecule has 3 rings (SSSR count). The number of nitrogens with two attached hydrogens (primary N) is 1. The fraction of sp³-hybridized carbons (Fsp3) is 0.294. The molecule has 1 unspecified atom stereocenters. The minimum Gasteiger partial charge on any atom is -0.388 e. The lowest BCUT2D eigenvalue weighted by atomic mass is 10.1. The van der Waals surface area contributed by atoms with Crippen molar-refractivity contribution in [1.82, 2.24) is 19.3 Å². The predicted molar refractivity (Wildman–Crippen MR) is 97.4 cm³/mol. The van der Waals surface area contributed by atoms with Crippen molar-refractivity contribution in [2.45, 2.75) is 25.6 Å². The number of aliphatic hydroxyl groups is 1. The van der Waals surface area contributed by atoms with Crippen LogP contribution in [0.15, 0.2) is 44.4 Å². The summed E-state index contributed by atoms with van der Waals surface area (Å²) in [7, 11) is 1.53. The molecule has 3 N–H and O–H groups in total. The van der Waals surface area contributed by atoms with Crippen molar-refractivity contribution >= 4 is 11.6 Å². The molecular weight excluding hydrogens is 374 g/mol. The molecule has 0 aliphatic heterocycles. The van der Waals surface area contributed by atoms with Gasteiger partial charge in [0.05, 0.1) is 6.10 Å². The molecule has 0 spiro atoms. The highest BCUT2D eigenvalue weighted by Gasteiger charge is 2.16. The monoisotopic (exact) mass is 391 g/mol. The molecule has 2 aromatic heterocycles. The third kappa shape index (κ3) is 4.16. The topological polar surface area (TPSA) is 129 Å². The van der Waals surface area contributed by atoms with Crippen molar-refractivity contribution in [2.24, 2.45) is 12.8 Å². The third-order valence-electron chi connectivity index (χ3n) is 4.15. The lowest BCUT2D eigenvalue weighted by Crippen LogP contribution is -2.40. The van der Waals surface area contributed by atoms with Crippen LogP contribution in [-0.4, -0.2) is 24.4 Å². The van der Waals surface area contributed by atoms with E-state index in [1.807, 2.05) is 0 Å². The fourth-order valence-electron chi connectivity index (χ4n) is 2.61. The van der Waals surface area contributed by atoms with Gasteiger partial charge in [-0.2, -0.15) is 4.98 Å². The third-order valence-corrected chi connectivity index (χ3v) is 4.40. The van der Waals surface area contributed by atoms with Gasteiger partial charge >= 0.3 is 5.69 Å². The van der Waals surface area contributed by atoms with Crippen molar-refractivity contribution in [3.8, 4) is 0 Å². The van der Waals surface area contributed by atoms with Gasteiger partial charge in [0.2, 0.25) is 5.89 Å². The Labute approximate surface area is 158 Å². The number of aromatic nitrogens is 4.